The summed E-state index contributed by atoms with van der Waals surface area (Å²) in [6.45, 7) is 20.5. The summed E-state index contributed by atoms with van der Waals surface area (Å²) in [4.78, 5) is 19.1. The van der Waals surface area contributed by atoms with Gasteiger partial charge in [-0.15, -0.1) is 0 Å². The van der Waals surface area contributed by atoms with Crippen LogP contribution in [0.1, 0.15) is 61.3 Å². The Kier molecular flexibility index (Phi) is 8.20. The summed E-state index contributed by atoms with van der Waals surface area (Å²) < 4.78 is 5.51. The maximum absolute atomic E-state index is 12.2. The summed E-state index contributed by atoms with van der Waals surface area (Å²) in [6, 6.07) is 0.396. The molecule has 0 aromatic carbocycles. The molecular weight excluding hydrogens is 314 g/mol. The normalized spacial score (nSPS) is 25.1. The quantitative estimate of drug-likeness (QED) is 0.757. The lowest BCUT2D eigenvalue weighted by Gasteiger charge is -2.46. The van der Waals surface area contributed by atoms with E-state index in [1.54, 1.807) is 0 Å². The van der Waals surface area contributed by atoms with E-state index in [9.17, 15) is 4.79 Å². The first-order chi connectivity index (χ1) is 11.6. The first-order valence-corrected chi connectivity index (χ1v) is 9.99. The fraction of sp³-hybridized carbons (Fsp3) is 0.950. The minimum atomic E-state index is -0.418. The van der Waals surface area contributed by atoms with Gasteiger partial charge in [0.15, 0.2) is 0 Å². The first-order valence-electron chi connectivity index (χ1n) is 9.99. The van der Waals surface area contributed by atoms with Crippen molar-refractivity contribution < 1.29 is 9.53 Å². The first kappa shape index (κ1) is 22.2. The Morgan fingerprint density at radius 3 is 2.16 bits per heavy atom. The number of carbonyl (C=O) groups excluding carboxylic acids is 1. The Morgan fingerprint density at radius 2 is 1.68 bits per heavy atom. The molecule has 0 aromatic heterocycles. The van der Waals surface area contributed by atoms with Crippen molar-refractivity contribution in [3.05, 3.63) is 0 Å². The Balaban J connectivity index is 0.00000151. The summed E-state index contributed by atoms with van der Waals surface area (Å²) in [5, 5.41) is 0. The molecule has 5 nitrogen and oxygen atoms in total. The zero-order valence-electron chi connectivity index (χ0n) is 17.9. The molecule has 25 heavy (non-hydrogen) atoms. The van der Waals surface area contributed by atoms with E-state index in [0.29, 0.717) is 11.5 Å². The van der Waals surface area contributed by atoms with Crippen molar-refractivity contribution in [3.8, 4) is 0 Å². The van der Waals surface area contributed by atoms with Crippen molar-refractivity contribution in [1.82, 2.24) is 14.7 Å². The average Bonchev–Trinajstić information content (AvgIpc) is 2.53. The van der Waals surface area contributed by atoms with Gasteiger partial charge in [0.05, 0.1) is 0 Å². The van der Waals surface area contributed by atoms with E-state index in [-0.39, 0.29) is 6.09 Å². The van der Waals surface area contributed by atoms with Crippen LogP contribution in [-0.2, 0) is 4.74 Å². The minimum absolute atomic E-state index is 0.172. The molecule has 0 N–H and O–H groups in total. The van der Waals surface area contributed by atoms with Gasteiger partial charge >= 0.3 is 6.09 Å². The molecule has 0 saturated carbocycles. The lowest BCUT2D eigenvalue weighted by molar-refractivity contribution is -0.00588. The Bertz CT molecular complexity index is 412. The lowest BCUT2D eigenvalue weighted by atomic mass is 9.79. The highest BCUT2D eigenvalue weighted by Crippen LogP contribution is 2.32. The number of rotatable bonds is 2. The zero-order chi connectivity index (χ0) is 19.3. The Hall–Kier alpha value is -0.810. The maximum atomic E-state index is 12.2. The number of likely N-dealkylation sites (tertiary alicyclic amines) is 1. The van der Waals surface area contributed by atoms with Gasteiger partial charge in [-0.05, 0) is 66.1 Å². The van der Waals surface area contributed by atoms with Crippen LogP contribution in [0.3, 0.4) is 0 Å². The van der Waals surface area contributed by atoms with Crippen molar-refractivity contribution in [2.45, 2.75) is 73.0 Å². The molecule has 2 aliphatic heterocycles. The van der Waals surface area contributed by atoms with E-state index < -0.39 is 5.60 Å². The van der Waals surface area contributed by atoms with E-state index in [2.05, 4.69) is 30.7 Å². The number of hydrogen-bond donors (Lipinski definition) is 0. The van der Waals surface area contributed by atoms with Crippen LogP contribution < -0.4 is 0 Å². The number of piperazine rings is 1. The molecule has 1 atom stereocenters. The number of amides is 1. The summed E-state index contributed by atoms with van der Waals surface area (Å²) in [6.07, 6.45) is 2.36. The average molecular weight is 356 g/mol. The van der Waals surface area contributed by atoms with Gasteiger partial charge in [-0.2, -0.15) is 0 Å². The van der Waals surface area contributed by atoms with Crippen LogP contribution in [0.25, 0.3) is 0 Å². The van der Waals surface area contributed by atoms with E-state index in [1.165, 1.54) is 25.9 Å². The largest absolute Gasteiger partial charge is 0.444 e. The molecule has 0 spiro atoms. The molecule has 2 saturated heterocycles. The van der Waals surface area contributed by atoms with Crippen molar-refractivity contribution in [1.29, 1.82) is 0 Å². The molecule has 2 aliphatic rings. The lowest BCUT2D eigenvalue weighted by Crippen LogP contribution is -2.57. The smallest absolute Gasteiger partial charge is 0.410 e. The van der Waals surface area contributed by atoms with Crippen LogP contribution in [0.4, 0.5) is 4.79 Å². The van der Waals surface area contributed by atoms with Crippen molar-refractivity contribution in [3.63, 3.8) is 0 Å². The standard InChI is InChI=1S/C18H35N3O2.C2H6/c1-15-13-20(16(22)23-17(2,3)4)11-12-21(15)14-18(5)7-9-19(6)10-8-18;1-2/h15H,7-14H2,1-6H3;1-2H3. The molecular formula is C20H41N3O2. The zero-order valence-corrected chi connectivity index (χ0v) is 17.9. The molecule has 148 valence electrons. The SMILES string of the molecule is CC.CC1CN(C(=O)OC(C)(C)C)CCN1CC1(C)CCN(C)CC1. The van der Waals surface area contributed by atoms with E-state index in [4.69, 9.17) is 4.74 Å². The van der Waals surface area contributed by atoms with Crippen LogP contribution in [-0.4, -0.2) is 78.8 Å². The summed E-state index contributed by atoms with van der Waals surface area (Å²) in [7, 11) is 2.21. The molecule has 2 rings (SSSR count). The van der Waals surface area contributed by atoms with Gasteiger partial charge in [0, 0.05) is 32.2 Å². The van der Waals surface area contributed by atoms with Crippen LogP contribution in [0, 0.1) is 5.41 Å². The molecule has 0 aliphatic carbocycles. The highest BCUT2D eigenvalue weighted by Gasteiger charge is 2.35. The van der Waals surface area contributed by atoms with E-state index >= 15 is 0 Å². The number of ether oxygens (including phenoxy) is 1. The summed E-state index contributed by atoms with van der Waals surface area (Å²) in [5.41, 5.74) is -0.00604. The molecule has 0 radical (unpaired) electrons. The van der Waals surface area contributed by atoms with Gasteiger partial charge in [0.1, 0.15) is 5.60 Å². The molecule has 2 fully saturated rings. The molecule has 0 aromatic rings. The topological polar surface area (TPSA) is 36.0 Å². The second-order valence-corrected chi connectivity index (χ2v) is 8.86. The third-order valence-electron chi connectivity index (χ3n) is 5.20. The highest BCUT2D eigenvalue weighted by atomic mass is 16.6. The number of nitrogens with zero attached hydrogens (tertiary/aromatic N) is 3. The maximum Gasteiger partial charge on any atom is 0.410 e. The predicted molar refractivity (Wildman–Crippen MR) is 105 cm³/mol. The van der Waals surface area contributed by atoms with Crippen molar-refractivity contribution in [2.24, 2.45) is 5.41 Å². The van der Waals surface area contributed by atoms with Gasteiger partial charge in [-0.25, -0.2) is 4.79 Å². The summed E-state index contributed by atoms with van der Waals surface area (Å²) >= 11 is 0. The number of carbonyl (C=O) groups is 1. The molecule has 5 heteroatoms. The van der Waals surface area contributed by atoms with Crippen LogP contribution in [0.2, 0.25) is 0 Å². The van der Waals surface area contributed by atoms with E-state index in [0.717, 1.165) is 26.2 Å². The molecule has 2 heterocycles. The fourth-order valence-corrected chi connectivity index (χ4v) is 3.53. The van der Waals surface area contributed by atoms with Gasteiger partial charge < -0.3 is 14.5 Å². The third-order valence-corrected chi connectivity index (χ3v) is 5.20. The molecule has 1 unspecified atom stereocenters. The highest BCUT2D eigenvalue weighted by molar-refractivity contribution is 5.68. The predicted octanol–water partition coefficient (Wildman–Crippen LogP) is 3.69. The van der Waals surface area contributed by atoms with Gasteiger partial charge in [-0.3, -0.25) is 4.90 Å². The number of piperidine rings is 1. The molecule has 1 amide bonds. The monoisotopic (exact) mass is 355 g/mol. The van der Waals surface area contributed by atoms with Gasteiger partial charge in [0.25, 0.3) is 0 Å². The molecule has 0 bridgehead atoms. The van der Waals surface area contributed by atoms with Crippen LogP contribution >= 0.6 is 0 Å². The van der Waals surface area contributed by atoms with Crippen molar-refractivity contribution >= 4 is 6.09 Å². The fourth-order valence-electron chi connectivity index (χ4n) is 3.53. The second kappa shape index (κ2) is 9.22. The van der Waals surface area contributed by atoms with Crippen LogP contribution in [0.5, 0.6) is 0 Å². The van der Waals surface area contributed by atoms with E-state index in [1.807, 2.05) is 39.5 Å². The Morgan fingerprint density at radius 1 is 1.12 bits per heavy atom. The van der Waals surface area contributed by atoms with Crippen molar-refractivity contribution in [2.75, 3.05) is 46.3 Å². The van der Waals surface area contributed by atoms with Gasteiger partial charge in [0.2, 0.25) is 0 Å². The summed E-state index contributed by atoms with van der Waals surface area (Å²) in [5.74, 6) is 0. The van der Waals surface area contributed by atoms with Crippen LogP contribution in [0.15, 0.2) is 0 Å². The minimum Gasteiger partial charge on any atom is -0.444 e. The number of hydrogen-bond acceptors (Lipinski definition) is 4. The van der Waals surface area contributed by atoms with Gasteiger partial charge in [-0.1, -0.05) is 20.8 Å². The Labute approximate surface area is 155 Å². The third kappa shape index (κ3) is 7.14. The second-order valence-electron chi connectivity index (χ2n) is 8.86.